The summed E-state index contributed by atoms with van der Waals surface area (Å²) in [6, 6.07) is 11.7. The molecule has 2 aromatic heterocycles. The Hall–Kier alpha value is -4.48. The average Bonchev–Trinajstić information content (AvgIpc) is 3.37. The summed E-state index contributed by atoms with van der Waals surface area (Å²) in [5.41, 5.74) is 4.56. The predicted molar refractivity (Wildman–Crippen MR) is 162 cm³/mol. The molecule has 214 valence electrons. The number of amides is 1. The van der Waals surface area contributed by atoms with Crippen LogP contribution in [0.25, 0.3) is 22.2 Å². The summed E-state index contributed by atoms with van der Waals surface area (Å²) in [6.07, 6.45) is 4.59. The van der Waals surface area contributed by atoms with E-state index in [1.165, 1.54) is 12.4 Å². The van der Waals surface area contributed by atoms with E-state index in [4.69, 9.17) is 4.74 Å². The summed E-state index contributed by atoms with van der Waals surface area (Å²) in [5.74, 6) is 0.873. The Morgan fingerprint density at radius 2 is 1.90 bits per heavy atom. The van der Waals surface area contributed by atoms with Crippen LogP contribution in [0.15, 0.2) is 61.6 Å². The molecule has 0 spiro atoms. The minimum absolute atomic E-state index is 0.0880. The number of aliphatic hydroxyl groups is 1. The van der Waals surface area contributed by atoms with Crippen LogP contribution in [0.3, 0.4) is 0 Å². The van der Waals surface area contributed by atoms with Crippen molar-refractivity contribution in [3.8, 4) is 17.0 Å². The van der Waals surface area contributed by atoms with Crippen molar-refractivity contribution in [3.63, 3.8) is 0 Å². The lowest BCUT2D eigenvalue weighted by molar-refractivity contribution is -0.111. The van der Waals surface area contributed by atoms with Crippen molar-refractivity contribution in [3.05, 3.63) is 61.6 Å². The molecule has 0 bridgehead atoms. The van der Waals surface area contributed by atoms with E-state index in [0.717, 1.165) is 54.0 Å². The van der Waals surface area contributed by atoms with Crippen molar-refractivity contribution in [2.24, 2.45) is 7.05 Å². The number of carbonyl (C=O) groups excluding carboxylic acids is 1. The molecule has 3 N–H and O–H groups in total. The van der Waals surface area contributed by atoms with Gasteiger partial charge in [-0.15, -0.1) is 0 Å². The SMILES string of the molecule is C=CC(=O)Nc1cc(Nc2cc(-c3ccc4c(cnn4C)c3)ncn2)c(OC)cc1N1CCN(C(C)(C)CO)CC1. The van der Waals surface area contributed by atoms with Gasteiger partial charge in [-0.3, -0.25) is 14.4 Å². The molecule has 2 aromatic carbocycles. The lowest BCUT2D eigenvalue weighted by Crippen LogP contribution is -2.56. The molecule has 1 aliphatic heterocycles. The summed E-state index contributed by atoms with van der Waals surface area (Å²) in [6.45, 7) is 10.8. The van der Waals surface area contributed by atoms with Crippen LogP contribution < -0.4 is 20.3 Å². The number of anilines is 4. The first-order valence-corrected chi connectivity index (χ1v) is 13.5. The van der Waals surface area contributed by atoms with Gasteiger partial charge < -0.3 is 25.4 Å². The number of hydrogen-bond donors (Lipinski definition) is 3. The van der Waals surface area contributed by atoms with Gasteiger partial charge in [0.1, 0.15) is 17.9 Å². The maximum Gasteiger partial charge on any atom is 0.247 e. The summed E-state index contributed by atoms with van der Waals surface area (Å²) >= 11 is 0. The first-order chi connectivity index (χ1) is 19.7. The summed E-state index contributed by atoms with van der Waals surface area (Å²) in [4.78, 5) is 25.8. The van der Waals surface area contributed by atoms with Crippen molar-refractivity contribution in [2.45, 2.75) is 19.4 Å². The zero-order valence-corrected chi connectivity index (χ0v) is 23.9. The van der Waals surface area contributed by atoms with Crippen molar-refractivity contribution in [2.75, 3.05) is 55.4 Å². The van der Waals surface area contributed by atoms with Gasteiger partial charge in [-0.05, 0) is 38.1 Å². The molecule has 1 fully saturated rings. The van der Waals surface area contributed by atoms with Gasteiger partial charge in [0.05, 0.1) is 48.2 Å². The third-order valence-electron chi connectivity index (χ3n) is 7.60. The molecule has 0 unspecified atom stereocenters. The number of carbonyl (C=O) groups is 1. The summed E-state index contributed by atoms with van der Waals surface area (Å²) < 4.78 is 7.61. The number of rotatable bonds is 9. The van der Waals surface area contributed by atoms with Gasteiger partial charge in [-0.1, -0.05) is 12.6 Å². The Balaban J connectivity index is 1.44. The number of aliphatic hydroxyl groups excluding tert-OH is 1. The van der Waals surface area contributed by atoms with Crippen LogP contribution in [0.5, 0.6) is 5.75 Å². The Morgan fingerprint density at radius 3 is 2.61 bits per heavy atom. The largest absolute Gasteiger partial charge is 0.494 e. The minimum atomic E-state index is -0.308. The van der Waals surface area contributed by atoms with Crippen molar-refractivity contribution < 1.29 is 14.6 Å². The van der Waals surface area contributed by atoms with E-state index in [-0.39, 0.29) is 18.1 Å². The highest BCUT2D eigenvalue weighted by atomic mass is 16.5. The maximum absolute atomic E-state index is 12.4. The van der Waals surface area contributed by atoms with E-state index in [1.54, 1.807) is 7.11 Å². The molecule has 4 aromatic rings. The molecule has 0 atom stereocenters. The Bertz CT molecular complexity index is 1570. The number of piperazine rings is 1. The van der Waals surface area contributed by atoms with E-state index in [2.05, 4.69) is 42.1 Å². The van der Waals surface area contributed by atoms with Crippen LogP contribution in [0, 0.1) is 0 Å². The van der Waals surface area contributed by atoms with E-state index in [1.807, 2.05) is 68.2 Å². The van der Waals surface area contributed by atoms with Crippen molar-refractivity contribution >= 4 is 39.7 Å². The third kappa shape index (κ3) is 5.86. The number of nitrogens with one attached hydrogen (secondary N) is 2. The summed E-state index contributed by atoms with van der Waals surface area (Å²) in [7, 11) is 3.53. The fraction of sp³-hybridized carbons (Fsp3) is 0.333. The molecule has 5 rings (SSSR count). The molecule has 0 radical (unpaired) electrons. The van der Waals surface area contributed by atoms with Gasteiger partial charge in [-0.25, -0.2) is 9.97 Å². The van der Waals surface area contributed by atoms with Gasteiger partial charge in [0, 0.05) is 61.8 Å². The van der Waals surface area contributed by atoms with Gasteiger partial charge >= 0.3 is 0 Å². The van der Waals surface area contributed by atoms with Crippen LogP contribution in [0.4, 0.5) is 22.9 Å². The van der Waals surface area contributed by atoms with Crippen molar-refractivity contribution in [1.29, 1.82) is 0 Å². The standard InChI is InChI=1S/C30H36N8O3/c1-6-29(40)35-23-14-24(27(41-5)16-26(23)37-9-11-38(12-10-37)30(2,3)18-39)34-28-15-22(31-19-32-28)20-7-8-25-21(13-20)17-33-36(25)4/h6-8,13-17,19,39H,1,9-12,18H2,2-5H3,(H,35,40)(H,31,32,34). The Morgan fingerprint density at radius 1 is 1.12 bits per heavy atom. The zero-order valence-electron chi connectivity index (χ0n) is 23.9. The van der Waals surface area contributed by atoms with E-state index in [9.17, 15) is 9.90 Å². The molecule has 1 amide bonds. The molecule has 11 heteroatoms. The van der Waals surface area contributed by atoms with Gasteiger partial charge in [0.15, 0.2) is 0 Å². The lowest BCUT2D eigenvalue weighted by Gasteiger charge is -2.44. The van der Waals surface area contributed by atoms with E-state index < -0.39 is 0 Å². The minimum Gasteiger partial charge on any atom is -0.494 e. The second-order valence-corrected chi connectivity index (χ2v) is 10.7. The highest BCUT2D eigenvalue weighted by molar-refractivity contribution is 6.02. The topological polar surface area (TPSA) is 121 Å². The van der Waals surface area contributed by atoms with Crippen LogP contribution >= 0.6 is 0 Å². The zero-order chi connectivity index (χ0) is 29.1. The molecule has 1 aliphatic rings. The Kier molecular flexibility index (Phi) is 7.91. The van der Waals surface area contributed by atoms with Gasteiger partial charge in [0.25, 0.3) is 0 Å². The molecule has 41 heavy (non-hydrogen) atoms. The fourth-order valence-electron chi connectivity index (χ4n) is 5.08. The number of aryl methyl sites for hydroxylation is 1. The number of fused-ring (bicyclic) bond motifs is 1. The Labute approximate surface area is 239 Å². The molecular weight excluding hydrogens is 520 g/mol. The second-order valence-electron chi connectivity index (χ2n) is 10.7. The highest BCUT2D eigenvalue weighted by Crippen LogP contribution is 2.39. The predicted octanol–water partition coefficient (Wildman–Crippen LogP) is 3.80. The van der Waals surface area contributed by atoms with Crippen LogP contribution in [-0.4, -0.2) is 81.1 Å². The fourth-order valence-corrected chi connectivity index (χ4v) is 5.08. The third-order valence-corrected chi connectivity index (χ3v) is 7.60. The number of nitrogens with zero attached hydrogens (tertiary/aromatic N) is 6. The first kappa shape index (κ1) is 28.1. The van der Waals surface area contributed by atoms with Gasteiger partial charge in [-0.2, -0.15) is 5.10 Å². The number of ether oxygens (including phenoxy) is 1. The van der Waals surface area contributed by atoms with Crippen molar-refractivity contribution in [1.82, 2.24) is 24.6 Å². The van der Waals surface area contributed by atoms with E-state index >= 15 is 0 Å². The molecule has 1 saturated heterocycles. The monoisotopic (exact) mass is 556 g/mol. The van der Waals surface area contributed by atoms with E-state index in [0.29, 0.717) is 22.9 Å². The molecule has 11 nitrogen and oxygen atoms in total. The first-order valence-electron chi connectivity index (χ1n) is 13.5. The smallest absolute Gasteiger partial charge is 0.247 e. The number of hydrogen-bond acceptors (Lipinski definition) is 9. The molecular formula is C30H36N8O3. The van der Waals surface area contributed by atoms with Gasteiger partial charge in [0.2, 0.25) is 5.91 Å². The molecule has 0 aliphatic carbocycles. The number of benzene rings is 2. The lowest BCUT2D eigenvalue weighted by atomic mass is 10.0. The quantitative estimate of drug-likeness (QED) is 0.264. The number of aromatic nitrogens is 4. The normalized spacial score (nSPS) is 14.2. The molecule has 0 saturated carbocycles. The molecule has 3 heterocycles. The second kappa shape index (κ2) is 11.6. The highest BCUT2D eigenvalue weighted by Gasteiger charge is 2.30. The van der Waals surface area contributed by atoms with Crippen LogP contribution in [0.2, 0.25) is 0 Å². The summed E-state index contributed by atoms with van der Waals surface area (Å²) in [5, 5.41) is 21.4. The average molecular weight is 557 g/mol. The number of methoxy groups -OCH3 is 1. The maximum atomic E-state index is 12.4. The van der Waals surface area contributed by atoms with Crippen LogP contribution in [-0.2, 0) is 11.8 Å². The van der Waals surface area contributed by atoms with Crippen LogP contribution in [0.1, 0.15) is 13.8 Å².